The minimum absolute atomic E-state index is 0.0367. The van der Waals surface area contributed by atoms with Gasteiger partial charge < -0.3 is 9.80 Å². The van der Waals surface area contributed by atoms with E-state index in [1.165, 1.54) is 24.1 Å². The van der Waals surface area contributed by atoms with Gasteiger partial charge in [0.05, 0.1) is 11.4 Å². The van der Waals surface area contributed by atoms with Gasteiger partial charge in [-0.2, -0.15) is 9.78 Å². The number of carbonyl (C=O) groups excluding carboxylic acids is 1. The number of rotatable bonds is 1. The highest BCUT2D eigenvalue weighted by Crippen LogP contribution is 2.58. The molecule has 2 atom stereocenters. The second kappa shape index (κ2) is 5.64. The Labute approximate surface area is 157 Å². The number of hydrogen-bond donors (Lipinski definition) is 0. The molecule has 4 heterocycles. The summed E-state index contributed by atoms with van der Waals surface area (Å²) in [5.41, 5.74) is 4.13. The van der Waals surface area contributed by atoms with E-state index in [2.05, 4.69) is 9.80 Å². The number of amides is 1. The first-order valence-electron chi connectivity index (χ1n) is 10.1. The maximum Gasteiger partial charge on any atom is 0.345 e. The van der Waals surface area contributed by atoms with Crippen molar-refractivity contribution in [3.05, 3.63) is 41.3 Å². The molecule has 1 amide bonds. The molecule has 0 radical (unpaired) electrons. The summed E-state index contributed by atoms with van der Waals surface area (Å²) in [5.74, 6) is 0.959. The minimum atomic E-state index is -0.245. The van der Waals surface area contributed by atoms with Crippen molar-refractivity contribution in [2.75, 3.05) is 26.2 Å². The molecule has 6 heteroatoms. The second-order valence-corrected chi connectivity index (χ2v) is 8.48. The number of fused-ring (bicyclic) bond motifs is 7. The Balaban J connectivity index is 1.41. The molecular formula is C21H23FN4O. The first kappa shape index (κ1) is 15.8. The van der Waals surface area contributed by atoms with Crippen LogP contribution in [-0.4, -0.2) is 57.8 Å². The van der Waals surface area contributed by atoms with Crippen LogP contribution in [0.25, 0.3) is 11.3 Å². The zero-order valence-corrected chi connectivity index (χ0v) is 15.3. The molecule has 5 nitrogen and oxygen atoms in total. The molecule has 1 aromatic heterocycles. The molecule has 0 spiro atoms. The largest absolute Gasteiger partial charge is 0.345 e. The Hall–Kier alpha value is -2.21. The molecular weight excluding hydrogens is 343 g/mol. The summed E-state index contributed by atoms with van der Waals surface area (Å²) in [4.78, 5) is 18.0. The van der Waals surface area contributed by atoms with Gasteiger partial charge in [-0.15, -0.1) is 0 Å². The smallest absolute Gasteiger partial charge is 0.318 e. The van der Waals surface area contributed by atoms with Gasteiger partial charge in [0.2, 0.25) is 0 Å². The lowest BCUT2D eigenvalue weighted by molar-refractivity contribution is 0.168. The molecule has 7 rings (SSSR count). The molecule has 2 unspecified atom stereocenters. The number of benzene rings is 1. The zero-order valence-electron chi connectivity index (χ0n) is 15.3. The van der Waals surface area contributed by atoms with Gasteiger partial charge in [-0.05, 0) is 61.8 Å². The van der Waals surface area contributed by atoms with Crippen molar-refractivity contribution in [2.45, 2.75) is 37.6 Å². The van der Waals surface area contributed by atoms with Gasteiger partial charge in [0.25, 0.3) is 0 Å². The second-order valence-electron chi connectivity index (χ2n) is 8.48. The molecule has 140 valence electrons. The average Bonchev–Trinajstić information content (AvgIpc) is 3.33. The highest BCUT2D eigenvalue weighted by Gasteiger charge is 2.50. The van der Waals surface area contributed by atoms with Gasteiger partial charge in [0, 0.05) is 43.3 Å². The van der Waals surface area contributed by atoms with Crippen LogP contribution in [0.5, 0.6) is 0 Å². The number of carbonyl (C=O) groups is 1. The lowest BCUT2D eigenvalue weighted by atomic mass is 10.0. The van der Waals surface area contributed by atoms with Crippen molar-refractivity contribution in [1.82, 2.24) is 19.6 Å². The highest BCUT2D eigenvalue weighted by molar-refractivity contribution is 5.80. The number of aromatic nitrogens is 2. The van der Waals surface area contributed by atoms with E-state index in [0.29, 0.717) is 17.9 Å². The van der Waals surface area contributed by atoms with Crippen molar-refractivity contribution in [3.63, 3.8) is 0 Å². The Morgan fingerprint density at radius 1 is 1.07 bits per heavy atom. The Morgan fingerprint density at radius 3 is 2.63 bits per heavy atom. The molecule has 2 bridgehead atoms. The van der Waals surface area contributed by atoms with Gasteiger partial charge >= 0.3 is 6.03 Å². The van der Waals surface area contributed by atoms with Crippen molar-refractivity contribution in [1.29, 1.82) is 0 Å². The topological polar surface area (TPSA) is 41.4 Å². The first-order chi connectivity index (χ1) is 13.2. The van der Waals surface area contributed by atoms with E-state index in [1.54, 1.807) is 16.8 Å². The zero-order chi connectivity index (χ0) is 18.1. The highest BCUT2D eigenvalue weighted by atomic mass is 19.1. The van der Waals surface area contributed by atoms with E-state index >= 15 is 0 Å². The molecule has 2 aliphatic carbocycles. The third-order valence-electron chi connectivity index (χ3n) is 6.97. The number of piperidine rings is 1. The minimum Gasteiger partial charge on any atom is -0.318 e. The predicted octanol–water partition coefficient (Wildman–Crippen LogP) is 3.10. The lowest BCUT2D eigenvalue weighted by Crippen LogP contribution is -2.44. The fourth-order valence-corrected chi connectivity index (χ4v) is 5.37. The van der Waals surface area contributed by atoms with Crippen LogP contribution >= 0.6 is 0 Å². The summed E-state index contributed by atoms with van der Waals surface area (Å²) < 4.78 is 15.1. The van der Waals surface area contributed by atoms with Crippen LogP contribution < -0.4 is 0 Å². The molecule has 3 aliphatic heterocycles. The molecule has 1 saturated carbocycles. The Kier molecular flexibility index (Phi) is 3.30. The van der Waals surface area contributed by atoms with E-state index in [4.69, 9.17) is 5.10 Å². The van der Waals surface area contributed by atoms with E-state index in [-0.39, 0.29) is 11.8 Å². The summed E-state index contributed by atoms with van der Waals surface area (Å²) in [7, 11) is 0. The fraction of sp³-hybridized carbons (Fsp3) is 0.524. The predicted molar refractivity (Wildman–Crippen MR) is 99.1 cm³/mol. The lowest BCUT2D eigenvalue weighted by Gasteiger charge is -2.31. The van der Waals surface area contributed by atoms with Crippen molar-refractivity contribution >= 4 is 6.03 Å². The van der Waals surface area contributed by atoms with Crippen LogP contribution in [0.1, 0.15) is 36.4 Å². The summed E-state index contributed by atoms with van der Waals surface area (Å²) in [5, 5.41) is 4.79. The van der Waals surface area contributed by atoms with Crippen LogP contribution in [0, 0.1) is 11.7 Å². The Bertz CT molecular complexity index is 913. The number of hydrogen-bond acceptors (Lipinski definition) is 3. The first-order valence-corrected chi connectivity index (χ1v) is 10.1. The van der Waals surface area contributed by atoms with Crippen LogP contribution in [0.15, 0.2) is 24.3 Å². The van der Waals surface area contributed by atoms with Gasteiger partial charge in [-0.3, -0.25) is 0 Å². The summed E-state index contributed by atoms with van der Waals surface area (Å²) >= 11 is 0. The SMILES string of the molecule is O=C(N1CCN2CCC1CC2)n1nc(-c2ccc(F)cc2)c2c1CC1CC21. The van der Waals surface area contributed by atoms with Crippen LogP contribution in [-0.2, 0) is 6.42 Å². The Morgan fingerprint density at radius 2 is 1.85 bits per heavy atom. The molecule has 0 N–H and O–H groups in total. The molecule has 5 aliphatic rings. The third kappa shape index (κ3) is 2.39. The molecule has 1 aromatic carbocycles. The van der Waals surface area contributed by atoms with Crippen molar-refractivity contribution < 1.29 is 9.18 Å². The van der Waals surface area contributed by atoms with Crippen molar-refractivity contribution in [2.24, 2.45) is 5.92 Å². The van der Waals surface area contributed by atoms with Crippen LogP contribution in [0.3, 0.4) is 0 Å². The fourth-order valence-electron chi connectivity index (χ4n) is 5.37. The van der Waals surface area contributed by atoms with Crippen LogP contribution in [0.4, 0.5) is 9.18 Å². The van der Waals surface area contributed by atoms with Gasteiger partial charge in [0.1, 0.15) is 5.82 Å². The normalized spacial score (nSPS) is 30.8. The van der Waals surface area contributed by atoms with E-state index in [9.17, 15) is 9.18 Å². The number of nitrogens with zero attached hydrogens (tertiary/aromatic N) is 4. The molecule has 2 aromatic rings. The van der Waals surface area contributed by atoms with Gasteiger partial charge in [0.15, 0.2) is 0 Å². The molecule has 27 heavy (non-hydrogen) atoms. The van der Waals surface area contributed by atoms with E-state index < -0.39 is 0 Å². The van der Waals surface area contributed by atoms with Gasteiger partial charge in [-0.25, -0.2) is 9.18 Å². The quantitative estimate of drug-likeness (QED) is 0.779. The van der Waals surface area contributed by atoms with Crippen molar-refractivity contribution in [3.8, 4) is 11.3 Å². The van der Waals surface area contributed by atoms with E-state index in [0.717, 1.165) is 62.4 Å². The van der Waals surface area contributed by atoms with Crippen LogP contribution in [0.2, 0.25) is 0 Å². The summed E-state index contributed by atoms with van der Waals surface area (Å²) in [6, 6.07) is 6.89. The summed E-state index contributed by atoms with van der Waals surface area (Å²) in [6.45, 7) is 3.94. The summed E-state index contributed by atoms with van der Waals surface area (Å²) in [6.07, 6.45) is 4.27. The monoisotopic (exact) mass is 366 g/mol. The van der Waals surface area contributed by atoms with Gasteiger partial charge in [-0.1, -0.05) is 0 Å². The van der Waals surface area contributed by atoms with E-state index in [1.807, 2.05) is 0 Å². The maximum atomic E-state index is 13.5. The molecule has 3 saturated heterocycles. The number of halogens is 1. The third-order valence-corrected chi connectivity index (χ3v) is 6.97. The maximum absolute atomic E-state index is 13.5. The average molecular weight is 366 g/mol. The standard InChI is InChI=1S/C21H23FN4O/c22-15-3-1-13(2-4-15)20-19-17-11-14(17)12-18(19)26(23-20)21(27)25-10-9-24-7-5-16(25)6-8-24/h1-4,14,16-17H,5-12H2. The molecule has 4 fully saturated rings.